The van der Waals surface area contributed by atoms with Crippen molar-refractivity contribution in [1.29, 1.82) is 0 Å². The predicted octanol–water partition coefficient (Wildman–Crippen LogP) is 2.19. The lowest BCUT2D eigenvalue weighted by Gasteiger charge is -2.10. The summed E-state index contributed by atoms with van der Waals surface area (Å²) in [5, 5.41) is 0. The first-order valence-electron chi connectivity index (χ1n) is 3.14. The number of hydrogen-bond donors (Lipinski definition) is 2. The Labute approximate surface area is 68.0 Å². The predicted molar refractivity (Wildman–Crippen MR) is 47.2 cm³/mol. The second kappa shape index (κ2) is 5.45. The minimum absolute atomic E-state index is 0.223. The fourth-order valence-electron chi connectivity index (χ4n) is 0.368. The van der Waals surface area contributed by atoms with Crippen LogP contribution < -0.4 is 0 Å². The second-order valence-electron chi connectivity index (χ2n) is 2.17. The Balaban J connectivity index is 3.06. The summed E-state index contributed by atoms with van der Waals surface area (Å²) in [6.07, 6.45) is 1.15. The van der Waals surface area contributed by atoms with Crippen LogP contribution in [0.1, 0.15) is 20.3 Å². The Bertz CT molecular complexity index is 66.1. The number of hydrogen-bond acceptors (Lipinski definition) is 3. The van der Waals surface area contributed by atoms with Crippen LogP contribution in [0.4, 0.5) is 0 Å². The average molecular weight is 166 g/mol. The summed E-state index contributed by atoms with van der Waals surface area (Å²) >= 11 is 7.91. The number of ether oxygens (including phenoxy) is 1. The van der Waals surface area contributed by atoms with E-state index >= 15 is 0 Å². The molecule has 0 heterocycles. The number of rotatable bonds is 4. The molecule has 0 N–H and O–H groups in total. The maximum Gasteiger partial charge on any atom is 0.144 e. The Kier molecular flexibility index (Phi) is 5.84. The third-order valence-corrected chi connectivity index (χ3v) is 1.52. The van der Waals surface area contributed by atoms with Crippen molar-refractivity contribution in [2.24, 2.45) is 5.92 Å². The molecule has 0 aliphatic rings. The van der Waals surface area contributed by atoms with E-state index in [2.05, 4.69) is 39.1 Å². The van der Waals surface area contributed by atoms with E-state index in [-0.39, 0.29) is 4.77 Å². The van der Waals surface area contributed by atoms with Gasteiger partial charge in [-0.25, -0.2) is 0 Å². The quantitative estimate of drug-likeness (QED) is 0.481. The fourth-order valence-corrected chi connectivity index (χ4v) is 0.540. The average Bonchev–Trinajstić information content (AvgIpc) is 1.83. The molecular formula is C6H14OS2. The van der Waals surface area contributed by atoms with Crippen molar-refractivity contribution in [2.45, 2.75) is 25.0 Å². The molecule has 0 saturated heterocycles. The highest BCUT2D eigenvalue weighted by molar-refractivity contribution is 7.98. The zero-order valence-electron chi connectivity index (χ0n) is 5.87. The van der Waals surface area contributed by atoms with Crippen LogP contribution in [-0.4, -0.2) is 11.4 Å². The van der Waals surface area contributed by atoms with Gasteiger partial charge in [0.25, 0.3) is 0 Å². The Morgan fingerprint density at radius 2 is 2.00 bits per heavy atom. The van der Waals surface area contributed by atoms with Gasteiger partial charge in [-0.3, -0.25) is 0 Å². The van der Waals surface area contributed by atoms with Crippen LogP contribution in [0.25, 0.3) is 0 Å². The number of thiol groups is 2. The van der Waals surface area contributed by atoms with Gasteiger partial charge in [-0.2, -0.15) is 0 Å². The van der Waals surface area contributed by atoms with E-state index in [0.29, 0.717) is 5.92 Å². The van der Waals surface area contributed by atoms with Gasteiger partial charge in [-0.15, -0.1) is 25.3 Å². The molecule has 0 bridgehead atoms. The molecule has 56 valence electrons. The summed E-state index contributed by atoms with van der Waals surface area (Å²) in [7, 11) is 0. The van der Waals surface area contributed by atoms with Crippen molar-refractivity contribution in [1.82, 2.24) is 0 Å². The molecule has 3 heteroatoms. The summed E-state index contributed by atoms with van der Waals surface area (Å²) in [5.41, 5.74) is 0. The van der Waals surface area contributed by atoms with Gasteiger partial charge in [-0.05, 0) is 5.92 Å². The molecule has 0 aliphatic carbocycles. The summed E-state index contributed by atoms with van der Waals surface area (Å²) in [6, 6.07) is 0. The SMILES string of the molecule is CCC(C)COC(S)S. The zero-order chi connectivity index (χ0) is 7.28. The summed E-state index contributed by atoms with van der Waals surface area (Å²) < 4.78 is 4.90. The van der Waals surface area contributed by atoms with Crippen LogP contribution in [0.2, 0.25) is 0 Å². The molecule has 1 unspecified atom stereocenters. The Morgan fingerprint density at radius 3 is 2.33 bits per heavy atom. The maximum atomic E-state index is 5.12. The fraction of sp³-hybridized carbons (Fsp3) is 1.00. The van der Waals surface area contributed by atoms with Crippen LogP contribution in [-0.2, 0) is 4.74 Å². The van der Waals surface area contributed by atoms with Crippen molar-refractivity contribution in [3.63, 3.8) is 0 Å². The minimum atomic E-state index is -0.223. The summed E-state index contributed by atoms with van der Waals surface area (Å²) in [4.78, 5) is 0. The first kappa shape index (κ1) is 9.66. The zero-order valence-corrected chi connectivity index (χ0v) is 7.66. The topological polar surface area (TPSA) is 9.23 Å². The van der Waals surface area contributed by atoms with Crippen LogP contribution in [0.3, 0.4) is 0 Å². The molecule has 0 aromatic rings. The van der Waals surface area contributed by atoms with E-state index in [9.17, 15) is 0 Å². The third kappa shape index (κ3) is 6.55. The Hall–Kier alpha value is 0.660. The minimum Gasteiger partial charge on any atom is -0.358 e. The van der Waals surface area contributed by atoms with Gasteiger partial charge in [0, 0.05) is 0 Å². The van der Waals surface area contributed by atoms with Gasteiger partial charge in [0.1, 0.15) is 4.77 Å². The van der Waals surface area contributed by atoms with Crippen LogP contribution in [0, 0.1) is 5.92 Å². The van der Waals surface area contributed by atoms with Gasteiger partial charge in [0.2, 0.25) is 0 Å². The molecule has 0 saturated carbocycles. The molecule has 1 atom stereocenters. The largest absolute Gasteiger partial charge is 0.358 e. The molecule has 0 amide bonds. The van der Waals surface area contributed by atoms with Gasteiger partial charge in [0.15, 0.2) is 0 Å². The van der Waals surface area contributed by atoms with E-state index < -0.39 is 0 Å². The van der Waals surface area contributed by atoms with Crippen molar-refractivity contribution in [3.8, 4) is 0 Å². The Morgan fingerprint density at radius 1 is 1.44 bits per heavy atom. The van der Waals surface area contributed by atoms with Crippen molar-refractivity contribution in [2.75, 3.05) is 6.61 Å². The lowest BCUT2D eigenvalue weighted by molar-refractivity contribution is 0.129. The van der Waals surface area contributed by atoms with Crippen molar-refractivity contribution < 1.29 is 4.74 Å². The molecule has 0 spiro atoms. The lowest BCUT2D eigenvalue weighted by Crippen LogP contribution is -2.06. The molecule has 0 aromatic carbocycles. The van der Waals surface area contributed by atoms with E-state index in [1.165, 1.54) is 0 Å². The van der Waals surface area contributed by atoms with E-state index in [1.807, 2.05) is 0 Å². The molecule has 0 aromatic heterocycles. The molecule has 1 nitrogen and oxygen atoms in total. The van der Waals surface area contributed by atoms with Crippen LogP contribution in [0.15, 0.2) is 0 Å². The standard InChI is InChI=1S/C6H14OS2/c1-3-5(2)4-7-6(8)9/h5-6,8-9H,3-4H2,1-2H3. The lowest BCUT2D eigenvalue weighted by atomic mass is 10.1. The molecule has 9 heavy (non-hydrogen) atoms. The molecular weight excluding hydrogens is 152 g/mol. The van der Waals surface area contributed by atoms with Crippen molar-refractivity contribution in [3.05, 3.63) is 0 Å². The highest BCUT2D eigenvalue weighted by atomic mass is 32.2. The third-order valence-electron chi connectivity index (χ3n) is 1.23. The van der Waals surface area contributed by atoms with Gasteiger partial charge in [-0.1, -0.05) is 20.3 Å². The van der Waals surface area contributed by atoms with E-state index in [0.717, 1.165) is 13.0 Å². The smallest absolute Gasteiger partial charge is 0.144 e. The molecule has 0 rings (SSSR count). The van der Waals surface area contributed by atoms with Gasteiger partial charge < -0.3 is 4.74 Å². The van der Waals surface area contributed by atoms with E-state index in [1.54, 1.807) is 0 Å². The molecule has 0 fully saturated rings. The van der Waals surface area contributed by atoms with Gasteiger partial charge >= 0.3 is 0 Å². The summed E-state index contributed by atoms with van der Waals surface area (Å²) in [5.74, 6) is 0.617. The van der Waals surface area contributed by atoms with E-state index in [4.69, 9.17) is 4.74 Å². The monoisotopic (exact) mass is 166 g/mol. The molecule has 0 radical (unpaired) electrons. The van der Waals surface area contributed by atoms with Crippen molar-refractivity contribution >= 4 is 25.3 Å². The second-order valence-corrected chi connectivity index (χ2v) is 3.52. The first-order valence-corrected chi connectivity index (χ1v) is 4.17. The summed E-state index contributed by atoms with van der Waals surface area (Å²) in [6.45, 7) is 5.04. The van der Waals surface area contributed by atoms with Crippen LogP contribution in [0.5, 0.6) is 0 Å². The maximum absolute atomic E-state index is 5.12. The van der Waals surface area contributed by atoms with Gasteiger partial charge in [0.05, 0.1) is 6.61 Å². The molecule has 0 aliphatic heterocycles. The first-order chi connectivity index (χ1) is 4.16. The normalized spacial score (nSPS) is 14.3. The highest BCUT2D eigenvalue weighted by Crippen LogP contribution is 2.07. The van der Waals surface area contributed by atoms with Crippen LogP contribution >= 0.6 is 25.3 Å². The highest BCUT2D eigenvalue weighted by Gasteiger charge is 2.00.